The average Bonchev–Trinajstić information content (AvgIpc) is 2.36. The van der Waals surface area contributed by atoms with Crippen LogP contribution in [0.4, 0.5) is 11.4 Å². The molecule has 0 saturated carbocycles. The molecule has 0 aliphatic rings. The second-order valence-corrected chi connectivity index (χ2v) is 4.24. The lowest BCUT2D eigenvalue weighted by atomic mass is 10.0. The topological polar surface area (TPSA) is 102 Å². The number of nitro groups is 1. The highest BCUT2D eigenvalue weighted by molar-refractivity contribution is 5.71. The third kappa shape index (κ3) is 3.84. The first-order valence-corrected chi connectivity index (χ1v) is 5.68. The number of nitrogens with one attached hydrogen (secondary N) is 1. The van der Waals surface area contributed by atoms with Gasteiger partial charge in [-0.3, -0.25) is 14.9 Å². The number of carbonyl (C=O) groups is 1. The van der Waals surface area contributed by atoms with Crippen molar-refractivity contribution in [3.8, 4) is 5.75 Å². The molecule has 0 aliphatic carbocycles. The van der Waals surface area contributed by atoms with E-state index in [9.17, 15) is 14.9 Å². The molecule has 2 atom stereocenters. The molecule has 1 aromatic rings. The number of non-ortho nitro benzene ring substituents is 1. The van der Waals surface area contributed by atoms with Gasteiger partial charge in [-0.15, -0.1) is 0 Å². The first-order chi connectivity index (χ1) is 8.85. The number of hydrogen-bond donors (Lipinski definition) is 2. The second-order valence-electron chi connectivity index (χ2n) is 4.24. The molecule has 2 unspecified atom stereocenters. The standard InChI is InChI=1S/C12H16N2O5/c1-7(12(15)16)8(2)13-9-4-10(14(17)18)6-11(5-9)19-3/h4-8,13H,1-3H3,(H,15,16). The highest BCUT2D eigenvalue weighted by Crippen LogP contribution is 2.26. The summed E-state index contributed by atoms with van der Waals surface area (Å²) in [5.41, 5.74) is 0.337. The Balaban J connectivity index is 2.97. The summed E-state index contributed by atoms with van der Waals surface area (Å²) in [5, 5.41) is 22.6. The lowest BCUT2D eigenvalue weighted by molar-refractivity contribution is -0.384. The van der Waals surface area contributed by atoms with Gasteiger partial charge in [-0.25, -0.2) is 0 Å². The summed E-state index contributed by atoms with van der Waals surface area (Å²) in [7, 11) is 1.41. The number of anilines is 1. The predicted octanol–water partition coefficient (Wildman–Crippen LogP) is 2.12. The Labute approximate surface area is 110 Å². The van der Waals surface area contributed by atoms with Crippen molar-refractivity contribution in [1.29, 1.82) is 0 Å². The number of carboxylic acid groups (broad SMARTS) is 1. The second kappa shape index (κ2) is 6.03. The van der Waals surface area contributed by atoms with E-state index >= 15 is 0 Å². The highest BCUT2D eigenvalue weighted by Gasteiger charge is 2.20. The molecular formula is C12H16N2O5. The van der Waals surface area contributed by atoms with E-state index in [0.717, 1.165) is 0 Å². The third-order valence-electron chi connectivity index (χ3n) is 2.87. The predicted molar refractivity (Wildman–Crippen MR) is 69.5 cm³/mol. The smallest absolute Gasteiger partial charge is 0.308 e. The number of hydrogen-bond acceptors (Lipinski definition) is 5. The molecule has 0 fully saturated rings. The Morgan fingerprint density at radius 1 is 1.42 bits per heavy atom. The van der Waals surface area contributed by atoms with Gasteiger partial charge in [-0.05, 0) is 13.8 Å². The van der Waals surface area contributed by atoms with Gasteiger partial charge in [-0.1, -0.05) is 0 Å². The zero-order valence-electron chi connectivity index (χ0n) is 10.9. The maximum atomic E-state index is 10.9. The van der Waals surface area contributed by atoms with Gasteiger partial charge in [0.1, 0.15) is 5.75 Å². The molecule has 0 aromatic heterocycles. The Kier molecular flexibility index (Phi) is 4.68. The van der Waals surface area contributed by atoms with E-state index in [1.807, 2.05) is 0 Å². The lowest BCUT2D eigenvalue weighted by Crippen LogP contribution is -2.29. The van der Waals surface area contributed by atoms with Crippen LogP contribution in [0.25, 0.3) is 0 Å². The molecule has 7 nitrogen and oxygen atoms in total. The molecule has 0 aliphatic heterocycles. The number of aliphatic carboxylic acids is 1. The number of nitrogens with zero attached hydrogens (tertiary/aromatic N) is 1. The van der Waals surface area contributed by atoms with Crippen molar-refractivity contribution < 1.29 is 19.6 Å². The molecule has 2 N–H and O–H groups in total. The van der Waals surface area contributed by atoms with Gasteiger partial charge in [0.05, 0.1) is 24.0 Å². The van der Waals surface area contributed by atoms with Gasteiger partial charge in [0.2, 0.25) is 0 Å². The fourth-order valence-electron chi connectivity index (χ4n) is 1.49. The van der Waals surface area contributed by atoms with Crippen LogP contribution in [0.2, 0.25) is 0 Å². The van der Waals surface area contributed by atoms with Gasteiger partial charge in [0.25, 0.3) is 5.69 Å². The molecule has 0 radical (unpaired) electrons. The van der Waals surface area contributed by atoms with E-state index in [0.29, 0.717) is 11.4 Å². The summed E-state index contributed by atoms with van der Waals surface area (Å²) < 4.78 is 4.97. The van der Waals surface area contributed by atoms with E-state index in [-0.39, 0.29) is 11.7 Å². The van der Waals surface area contributed by atoms with Crippen molar-refractivity contribution in [2.24, 2.45) is 5.92 Å². The molecule has 0 amide bonds. The quantitative estimate of drug-likeness (QED) is 0.605. The minimum absolute atomic E-state index is 0.114. The summed E-state index contributed by atoms with van der Waals surface area (Å²) in [6, 6.07) is 3.85. The van der Waals surface area contributed by atoms with E-state index in [4.69, 9.17) is 9.84 Å². The molecule has 1 aromatic carbocycles. The minimum atomic E-state index is -0.933. The summed E-state index contributed by atoms with van der Waals surface area (Å²) >= 11 is 0. The van der Waals surface area contributed by atoms with Crippen molar-refractivity contribution in [3.63, 3.8) is 0 Å². The van der Waals surface area contributed by atoms with Gasteiger partial charge in [0, 0.05) is 23.9 Å². The van der Waals surface area contributed by atoms with Gasteiger partial charge in [0.15, 0.2) is 0 Å². The zero-order chi connectivity index (χ0) is 14.6. The van der Waals surface area contributed by atoms with Crippen LogP contribution in [0.1, 0.15) is 13.8 Å². The first kappa shape index (κ1) is 14.7. The molecule has 0 saturated heterocycles. The summed E-state index contributed by atoms with van der Waals surface area (Å²) in [4.78, 5) is 21.1. The van der Waals surface area contributed by atoms with Crippen LogP contribution in [-0.2, 0) is 4.79 Å². The summed E-state index contributed by atoms with van der Waals surface area (Å²) in [6.07, 6.45) is 0. The number of benzene rings is 1. The Hall–Kier alpha value is -2.31. The number of carboxylic acids is 1. The number of ether oxygens (including phenoxy) is 1. The van der Waals surface area contributed by atoms with Crippen molar-refractivity contribution in [1.82, 2.24) is 0 Å². The monoisotopic (exact) mass is 268 g/mol. The van der Waals surface area contributed by atoms with Crippen LogP contribution in [0.5, 0.6) is 5.75 Å². The molecule has 0 spiro atoms. The zero-order valence-corrected chi connectivity index (χ0v) is 10.9. The number of rotatable bonds is 6. The number of nitro benzene ring substituents is 1. The minimum Gasteiger partial charge on any atom is -0.496 e. The fraction of sp³-hybridized carbons (Fsp3) is 0.417. The molecule has 19 heavy (non-hydrogen) atoms. The van der Waals surface area contributed by atoms with Gasteiger partial charge in [-0.2, -0.15) is 0 Å². The van der Waals surface area contributed by atoms with Crippen LogP contribution in [0.15, 0.2) is 18.2 Å². The van der Waals surface area contributed by atoms with Crippen molar-refractivity contribution in [3.05, 3.63) is 28.3 Å². The van der Waals surface area contributed by atoms with E-state index in [1.165, 1.54) is 19.2 Å². The van der Waals surface area contributed by atoms with Crippen LogP contribution in [0, 0.1) is 16.0 Å². The Bertz CT molecular complexity index is 489. The first-order valence-electron chi connectivity index (χ1n) is 5.68. The third-order valence-corrected chi connectivity index (χ3v) is 2.87. The van der Waals surface area contributed by atoms with Crippen molar-refractivity contribution in [2.75, 3.05) is 12.4 Å². The van der Waals surface area contributed by atoms with Crippen LogP contribution in [0.3, 0.4) is 0 Å². The van der Waals surface area contributed by atoms with Crippen LogP contribution >= 0.6 is 0 Å². The molecule has 7 heteroatoms. The molecule has 104 valence electrons. The summed E-state index contributed by atoms with van der Waals surface area (Å²) in [6.45, 7) is 3.26. The van der Waals surface area contributed by atoms with E-state index in [1.54, 1.807) is 19.9 Å². The molecule has 0 heterocycles. The molecule has 1 rings (SSSR count). The van der Waals surface area contributed by atoms with Gasteiger partial charge >= 0.3 is 5.97 Å². The van der Waals surface area contributed by atoms with Crippen molar-refractivity contribution >= 4 is 17.3 Å². The molecular weight excluding hydrogens is 252 g/mol. The number of methoxy groups -OCH3 is 1. The van der Waals surface area contributed by atoms with Crippen LogP contribution in [-0.4, -0.2) is 29.2 Å². The lowest BCUT2D eigenvalue weighted by Gasteiger charge is -2.19. The average molecular weight is 268 g/mol. The Morgan fingerprint density at radius 2 is 2.05 bits per heavy atom. The van der Waals surface area contributed by atoms with Crippen LogP contribution < -0.4 is 10.1 Å². The maximum Gasteiger partial charge on any atom is 0.308 e. The van der Waals surface area contributed by atoms with E-state index < -0.39 is 16.8 Å². The highest BCUT2D eigenvalue weighted by atomic mass is 16.6. The molecule has 0 bridgehead atoms. The fourth-order valence-corrected chi connectivity index (χ4v) is 1.49. The normalized spacial score (nSPS) is 13.4. The SMILES string of the molecule is COc1cc(NC(C)C(C)C(=O)O)cc([N+](=O)[O-])c1. The maximum absolute atomic E-state index is 10.9. The van der Waals surface area contributed by atoms with E-state index in [2.05, 4.69) is 5.32 Å². The van der Waals surface area contributed by atoms with Crippen molar-refractivity contribution in [2.45, 2.75) is 19.9 Å². The van der Waals surface area contributed by atoms with Gasteiger partial charge < -0.3 is 15.2 Å². The summed E-state index contributed by atoms with van der Waals surface area (Å²) in [5.74, 6) is -1.21. The largest absolute Gasteiger partial charge is 0.496 e. The Morgan fingerprint density at radius 3 is 2.53 bits per heavy atom.